The minimum atomic E-state index is -5.84. The van der Waals surface area contributed by atoms with Gasteiger partial charge in [0, 0.05) is 33.2 Å². The molecule has 5 aromatic carbocycles. The maximum atomic E-state index is 14.6. The van der Waals surface area contributed by atoms with Crippen LogP contribution in [0.4, 0.5) is 11.4 Å². The molecule has 0 bridgehead atoms. The summed E-state index contributed by atoms with van der Waals surface area (Å²) in [5.74, 6) is -7.79. The monoisotopic (exact) mass is 1080 g/mol. The molecule has 2 aliphatic carbocycles. The maximum Gasteiger partial charge on any atom is 0.296 e. The first kappa shape index (κ1) is 49.7. The van der Waals surface area contributed by atoms with Crippen LogP contribution < -0.4 is 10.9 Å². The summed E-state index contributed by atoms with van der Waals surface area (Å²) >= 11 is 0. The second-order valence-electron chi connectivity index (χ2n) is 15.4. The molecule has 1 atom stereocenters. The summed E-state index contributed by atoms with van der Waals surface area (Å²) in [6.45, 7) is 0. The van der Waals surface area contributed by atoms with Crippen LogP contribution in [0.3, 0.4) is 0 Å². The van der Waals surface area contributed by atoms with Crippen molar-refractivity contribution in [3.8, 4) is 11.1 Å². The van der Waals surface area contributed by atoms with Crippen molar-refractivity contribution in [2.75, 3.05) is 11.1 Å². The summed E-state index contributed by atoms with van der Waals surface area (Å²) in [7, 11) is -32.4. The van der Waals surface area contributed by atoms with Gasteiger partial charge in [-0.25, -0.2) is 8.42 Å². The van der Waals surface area contributed by atoms with Crippen LogP contribution in [0.25, 0.3) is 22.0 Å². The van der Waals surface area contributed by atoms with Gasteiger partial charge in [0.1, 0.15) is 14.7 Å². The average Bonchev–Trinajstić information content (AvgIpc) is 3.49. The molecule has 0 amide bonds. The number of hydrogen-bond donors (Lipinski definition) is 7. The molecule has 8 rings (SSSR count). The molecule has 30 heteroatoms. The molecular formula is C40H26N2O22S6. The number of aromatic nitrogens is 1. The van der Waals surface area contributed by atoms with E-state index in [1.54, 1.807) is 0 Å². The van der Waals surface area contributed by atoms with Crippen LogP contribution in [-0.2, 0) is 60.4 Å². The van der Waals surface area contributed by atoms with E-state index in [0.29, 0.717) is 18.2 Å². The highest BCUT2D eigenvalue weighted by Crippen LogP contribution is 2.47. The van der Waals surface area contributed by atoms with E-state index < -0.39 is 187 Å². The highest BCUT2D eigenvalue weighted by atomic mass is 32.2. The molecule has 0 radical (unpaired) electrons. The van der Waals surface area contributed by atoms with Crippen molar-refractivity contribution in [2.45, 2.75) is 35.8 Å². The summed E-state index contributed by atoms with van der Waals surface area (Å²) in [5.41, 5.74) is -8.64. The van der Waals surface area contributed by atoms with E-state index in [4.69, 9.17) is 0 Å². The van der Waals surface area contributed by atoms with Gasteiger partial charge in [-0.2, -0.15) is 42.1 Å². The van der Waals surface area contributed by atoms with Crippen molar-refractivity contribution in [3.63, 3.8) is 0 Å². The number of aromatic amines is 1. The Labute approximate surface area is 393 Å². The molecule has 0 saturated heterocycles. The van der Waals surface area contributed by atoms with Gasteiger partial charge in [0.25, 0.3) is 56.1 Å². The second-order valence-corrected chi connectivity index (χ2v) is 24.5. The molecule has 1 heterocycles. The van der Waals surface area contributed by atoms with Gasteiger partial charge in [-0.1, -0.05) is 36.4 Å². The van der Waals surface area contributed by atoms with Gasteiger partial charge < -0.3 is 10.3 Å². The van der Waals surface area contributed by atoms with Crippen LogP contribution in [0.5, 0.6) is 0 Å². The largest absolute Gasteiger partial charge is 0.354 e. The van der Waals surface area contributed by atoms with Gasteiger partial charge in [0.2, 0.25) is 0 Å². The number of benzene rings is 5. The summed E-state index contributed by atoms with van der Waals surface area (Å²) < 4.78 is 203. The Balaban J connectivity index is 1.35. The van der Waals surface area contributed by atoms with Gasteiger partial charge in [0.05, 0.1) is 54.4 Å². The van der Waals surface area contributed by atoms with E-state index in [2.05, 4.69) is 10.3 Å². The summed E-state index contributed by atoms with van der Waals surface area (Å²) in [4.78, 5) is 63.7. The number of rotatable bonds is 13. The van der Waals surface area contributed by atoms with Gasteiger partial charge in [-0.3, -0.25) is 46.7 Å². The molecular weight excluding hydrogens is 1050 g/mol. The lowest BCUT2D eigenvalue weighted by Crippen LogP contribution is -2.25. The zero-order valence-corrected chi connectivity index (χ0v) is 39.1. The molecule has 6 aromatic rings. The maximum absolute atomic E-state index is 14.6. The summed E-state index contributed by atoms with van der Waals surface area (Å²) in [5, 5.41) is 1.57. The molecule has 0 spiro atoms. The standard InChI is InChI=1S/C40H26N2O22S6/c43-36(17-4-3-5-18(12-17)66(50,51)52)34-31-20-6-1-2-7-21(20)39(46)32-26(15-30(70(62,63)64)35(33(31)32)42-40(34)47)41-25-14-28(29(69(59,60)61)16-27(25)68(56,57)58)65(48,49)11-10-23-37(44)22-9-8-19(67(53,54)55)13-24(22)38(23)45/h1-9,12-16,23,41H,10-11H2,(H,42,47)(H,50,51,52)(H,53,54,55)(H,56,57,58)(H,59,60,61)(H,62,63,64). The molecule has 1 unspecified atom stereocenters. The van der Waals surface area contributed by atoms with Crippen molar-refractivity contribution in [1.82, 2.24) is 4.98 Å². The minimum absolute atomic E-state index is 0.0632. The zero-order valence-electron chi connectivity index (χ0n) is 34.2. The Morgan fingerprint density at radius 2 is 1.10 bits per heavy atom. The van der Waals surface area contributed by atoms with Crippen LogP contribution in [-0.4, -0.2) is 107 Å². The van der Waals surface area contributed by atoms with Crippen molar-refractivity contribution < 1.29 is 92.4 Å². The number of ketones is 4. The Kier molecular flexibility index (Phi) is 11.7. The topological polar surface area (TPSA) is 419 Å². The molecule has 2 aliphatic rings. The molecule has 364 valence electrons. The smallest absolute Gasteiger partial charge is 0.296 e. The van der Waals surface area contributed by atoms with Crippen LogP contribution in [0.1, 0.15) is 59.0 Å². The number of carbonyl (C=O) groups is 4. The lowest BCUT2D eigenvalue weighted by atomic mass is 9.80. The molecule has 0 saturated carbocycles. The number of Topliss-reactive ketones (excluding diaryl/α,β-unsaturated/α-hetero) is 2. The van der Waals surface area contributed by atoms with E-state index in [0.717, 1.165) is 36.4 Å². The third-order valence-corrected chi connectivity index (χ3v) is 17.4. The number of hydrogen-bond acceptors (Lipinski definition) is 18. The van der Waals surface area contributed by atoms with Crippen molar-refractivity contribution in [1.29, 1.82) is 0 Å². The van der Waals surface area contributed by atoms with Gasteiger partial charge in [-0.15, -0.1) is 0 Å². The van der Waals surface area contributed by atoms with Crippen LogP contribution in [0, 0.1) is 5.92 Å². The zero-order chi connectivity index (χ0) is 51.6. The van der Waals surface area contributed by atoms with Crippen molar-refractivity contribution >= 4 is 106 Å². The quantitative estimate of drug-likeness (QED) is 0.0496. The van der Waals surface area contributed by atoms with Gasteiger partial charge in [0.15, 0.2) is 33.0 Å². The highest BCUT2D eigenvalue weighted by molar-refractivity contribution is 7.93. The van der Waals surface area contributed by atoms with Crippen molar-refractivity contribution in [2.24, 2.45) is 5.92 Å². The Morgan fingerprint density at radius 1 is 0.529 bits per heavy atom. The third-order valence-electron chi connectivity index (χ3n) is 11.2. The number of carbonyl (C=O) groups excluding carboxylic acids is 4. The van der Waals surface area contributed by atoms with Gasteiger partial charge >= 0.3 is 0 Å². The number of H-pyrrole nitrogens is 1. The van der Waals surface area contributed by atoms with Crippen LogP contribution >= 0.6 is 0 Å². The Bertz CT molecular complexity index is 4240. The van der Waals surface area contributed by atoms with Gasteiger partial charge in [-0.05, 0) is 60.5 Å². The predicted octanol–water partition coefficient (Wildman–Crippen LogP) is 2.81. The number of anilines is 2. The SMILES string of the molecule is O=C(c1cccc(S(=O)(=O)O)c1)c1c2c3c(c(Nc4cc(S(=O)(=O)CCC5C(=O)c6ccc(S(=O)(=O)O)cc6C5=O)c(S(=O)(=O)O)cc4S(=O)(=O)O)cc(S(=O)(=O)O)c3[nH]c1=O)C(=O)c1ccccc1-2. The third kappa shape index (κ3) is 8.56. The first-order valence-electron chi connectivity index (χ1n) is 19.1. The predicted molar refractivity (Wildman–Crippen MR) is 237 cm³/mol. The highest BCUT2D eigenvalue weighted by Gasteiger charge is 2.42. The number of pyridine rings is 1. The first-order valence-corrected chi connectivity index (χ1v) is 27.9. The summed E-state index contributed by atoms with van der Waals surface area (Å²) in [6.07, 6.45) is -0.980. The molecule has 7 N–H and O–H groups in total. The molecule has 0 fully saturated rings. The lowest BCUT2D eigenvalue weighted by molar-refractivity contribution is 0.0834. The van der Waals surface area contributed by atoms with E-state index >= 15 is 0 Å². The average molecular weight is 1080 g/mol. The van der Waals surface area contributed by atoms with E-state index in [1.165, 1.54) is 18.2 Å². The fraction of sp³-hybridized carbons (Fsp3) is 0.0750. The second kappa shape index (κ2) is 16.4. The van der Waals surface area contributed by atoms with E-state index in [1.807, 2.05) is 0 Å². The minimum Gasteiger partial charge on any atom is -0.354 e. The normalized spacial score (nSPS) is 15.2. The number of sulfone groups is 1. The van der Waals surface area contributed by atoms with E-state index in [-0.39, 0.29) is 28.8 Å². The van der Waals surface area contributed by atoms with Crippen LogP contribution in [0.15, 0.2) is 119 Å². The Hall–Kier alpha value is -6.71. The molecule has 0 aliphatic heterocycles. The molecule has 24 nitrogen and oxygen atoms in total. The van der Waals surface area contributed by atoms with Crippen molar-refractivity contribution in [3.05, 3.63) is 129 Å². The van der Waals surface area contributed by atoms with E-state index in [9.17, 15) is 97.2 Å². The first-order chi connectivity index (χ1) is 32.2. The fourth-order valence-corrected chi connectivity index (χ4v) is 13.3. The number of nitrogens with one attached hydrogen (secondary N) is 2. The number of fused-ring (bicyclic) bond motifs is 3. The molecule has 1 aromatic heterocycles. The molecule has 70 heavy (non-hydrogen) atoms. The fourth-order valence-electron chi connectivity index (χ4n) is 8.13. The lowest BCUT2D eigenvalue weighted by Gasteiger charge is -2.25. The van der Waals surface area contributed by atoms with Crippen LogP contribution in [0.2, 0.25) is 0 Å². The summed E-state index contributed by atoms with van der Waals surface area (Å²) in [6, 6.07) is 11.5. The Morgan fingerprint density at radius 3 is 1.70 bits per heavy atom.